The summed E-state index contributed by atoms with van der Waals surface area (Å²) in [5.41, 5.74) is 7.86. The van der Waals surface area contributed by atoms with Gasteiger partial charge >= 0.3 is 0 Å². The predicted molar refractivity (Wildman–Crippen MR) is 98.9 cm³/mol. The van der Waals surface area contributed by atoms with Crippen LogP contribution in [0.15, 0.2) is 59.6 Å². The zero-order chi connectivity index (χ0) is 18.0. The van der Waals surface area contributed by atoms with E-state index < -0.39 is 10.0 Å². The van der Waals surface area contributed by atoms with Gasteiger partial charge in [0.2, 0.25) is 0 Å². The number of sulfonamides is 1. The number of anilines is 2. The maximum Gasteiger partial charge on any atom is 0.280 e. The zero-order valence-corrected chi connectivity index (χ0v) is 14.8. The van der Waals surface area contributed by atoms with Gasteiger partial charge in [-0.3, -0.25) is 4.72 Å². The molecule has 2 heterocycles. The minimum atomic E-state index is -3.90. The average molecular weight is 375 g/mol. The van der Waals surface area contributed by atoms with E-state index in [0.29, 0.717) is 10.7 Å². The van der Waals surface area contributed by atoms with Gasteiger partial charge in [-0.1, -0.05) is 41.9 Å². The van der Waals surface area contributed by atoms with Crippen LogP contribution in [0.25, 0.3) is 11.3 Å². The van der Waals surface area contributed by atoms with Gasteiger partial charge in [-0.25, -0.2) is 9.97 Å². The topological polar surface area (TPSA) is 98.0 Å². The summed E-state index contributed by atoms with van der Waals surface area (Å²) in [7, 11) is -3.90. The van der Waals surface area contributed by atoms with Crippen molar-refractivity contribution in [3.63, 3.8) is 0 Å². The number of pyridine rings is 2. The van der Waals surface area contributed by atoms with Crippen LogP contribution in [0.3, 0.4) is 0 Å². The van der Waals surface area contributed by atoms with Gasteiger partial charge in [0.05, 0.1) is 10.7 Å². The van der Waals surface area contributed by atoms with Crippen molar-refractivity contribution in [2.24, 2.45) is 0 Å². The summed E-state index contributed by atoms with van der Waals surface area (Å²) in [6.45, 7) is 1.93. The van der Waals surface area contributed by atoms with Crippen molar-refractivity contribution in [3.8, 4) is 11.3 Å². The second kappa shape index (κ2) is 6.70. The minimum absolute atomic E-state index is 0.118. The molecule has 0 aliphatic rings. The Kier molecular flexibility index (Phi) is 4.61. The fraction of sp³-hybridized carbons (Fsp3) is 0.0588. The number of nitrogen functional groups attached to an aromatic ring is 1. The van der Waals surface area contributed by atoms with Gasteiger partial charge in [0.25, 0.3) is 10.0 Å². The number of aromatic nitrogens is 2. The molecule has 25 heavy (non-hydrogen) atoms. The number of hydrogen-bond donors (Lipinski definition) is 2. The molecular formula is C17H15ClN4O2S. The second-order valence-electron chi connectivity index (χ2n) is 5.35. The molecular weight excluding hydrogens is 360 g/mol. The summed E-state index contributed by atoms with van der Waals surface area (Å²) in [4.78, 5) is 8.18. The highest BCUT2D eigenvalue weighted by Crippen LogP contribution is 2.30. The maximum absolute atomic E-state index is 12.5. The van der Waals surface area contributed by atoms with Gasteiger partial charge in [-0.15, -0.1) is 0 Å². The number of hydrogen-bond acceptors (Lipinski definition) is 5. The summed E-state index contributed by atoms with van der Waals surface area (Å²) in [5.74, 6) is 0.263. The van der Waals surface area contributed by atoms with Crippen molar-refractivity contribution in [2.75, 3.05) is 10.5 Å². The van der Waals surface area contributed by atoms with Crippen molar-refractivity contribution < 1.29 is 8.42 Å². The van der Waals surface area contributed by atoms with Crippen LogP contribution in [-0.2, 0) is 10.0 Å². The van der Waals surface area contributed by atoms with E-state index in [4.69, 9.17) is 17.3 Å². The van der Waals surface area contributed by atoms with Crippen LogP contribution in [0, 0.1) is 6.92 Å². The van der Waals surface area contributed by atoms with E-state index >= 15 is 0 Å². The quantitative estimate of drug-likeness (QED) is 0.728. The third kappa shape index (κ3) is 3.72. The van der Waals surface area contributed by atoms with E-state index in [-0.39, 0.29) is 16.7 Å². The zero-order valence-electron chi connectivity index (χ0n) is 13.3. The molecule has 0 saturated heterocycles. The fourth-order valence-corrected chi connectivity index (χ4v) is 3.48. The maximum atomic E-state index is 12.5. The second-order valence-corrected chi connectivity index (χ2v) is 7.38. The van der Waals surface area contributed by atoms with Crippen molar-refractivity contribution in [3.05, 3.63) is 65.2 Å². The van der Waals surface area contributed by atoms with Crippen molar-refractivity contribution in [1.29, 1.82) is 0 Å². The average Bonchev–Trinajstić information content (AvgIpc) is 2.57. The molecule has 1 aromatic carbocycles. The molecule has 3 rings (SSSR count). The number of nitrogens with one attached hydrogen (secondary N) is 1. The monoisotopic (exact) mass is 374 g/mol. The van der Waals surface area contributed by atoms with Crippen LogP contribution >= 0.6 is 11.6 Å². The summed E-state index contributed by atoms with van der Waals surface area (Å²) in [6.07, 6.45) is 0. The molecule has 0 aliphatic heterocycles. The molecule has 0 fully saturated rings. The number of halogens is 1. The van der Waals surface area contributed by atoms with Gasteiger partial charge in [0, 0.05) is 5.56 Å². The molecule has 0 spiro atoms. The van der Waals surface area contributed by atoms with Gasteiger partial charge in [-0.2, -0.15) is 8.42 Å². The fourth-order valence-electron chi connectivity index (χ4n) is 2.30. The number of rotatable bonds is 4. The lowest BCUT2D eigenvalue weighted by Gasteiger charge is -2.11. The number of nitrogens with zero attached hydrogens (tertiary/aromatic N) is 2. The van der Waals surface area contributed by atoms with Gasteiger partial charge in [0.1, 0.15) is 11.6 Å². The Hall–Kier alpha value is -2.64. The molecule has 0 amide bonds. The number of benzene rings is 1. The Labute approximate surface area is 150 Å². The summed E-state index contributed by atoms with van der Waals surface area (Å²) < 4.78 is 27.3. The van der Waals surface area contributed by atoms with E-state index in [0.717, 1.165) is 11.1 Å². The Morgan fingerprint density at radius 2 is 1.76 bits per heavy atom. The first-order valence-electron chi connectivity index (χ1n) is 7.35. The Balaban J connectivity index is 2.00. The van der Waals surface area contributed by atoms with Crippen LogP contribution < -0.4 is 10.5 Å². The molecule has 0 unspecified atom stereocenters. The SMILES string of the molecule is Cc1ccccc1-c1nc(NS(=O)(=O)c2cccc(N)n2)ccc1Cl. The smallest absolute Gasteiger partial charge is 0.280 e. The molecule has 2 aromatic heterocycles. The minimum Gasteiger partial charge on any atom is -0.384 e. The summed E-state index contributed by atoms with van der Waals surface area (Å²) in [5, 5.41) is 0.251. The van der Waals surface area contributed by atoms with Crippen LogP contribution in [0.5, 0.6) is 0 Å². The van der Waals surface area contributed by atoms with Crippen molar-refractivity contribution >= 4 is 33.3 Å². The van der Waals surface area contributed by atoms with Crippen molar-refractivity contribution in [2.45, 2.75) is 11.9 Å². The van der Waals surface area contributed by atoms with Gasteiger partial charge in [0.15, 0.2) is 5.03 Å². The highest BCUT2D eigenvalue weighted by molar-refractivity contribution is 7.92. The highest BCUT2D eigenvalue weighted by Gasteiger charge is 2.18. The van der Waals surface area contributed by atoms with Gasteiger partial charge in [-0.05, 0) is 36.8 Å². The highest BCUT2D eigenvalue weighted by atomic mass is 35.5. The molecule has 0 radical (unpaired) electrons. The Morgan fingerprint density at radius 3 is 2.48 bits per heavy atom. The lowest BCUT2D eigenvalue weighted by atomic mass is 10.1. The van der Waals surface area contributed by atoms with Crippen LogP contribution in [0.4, 0.5) is 11.6 Å². The van der Waals surface area contributed by atoms with E-state index in [1.54, 1.807) is 6.07 Å². The van der Waals surface area contributed by atoms with Crippen LogP contribution in [0.2, 0.25) is 5.02 Å². The molecule has 3 aromatic rings. The van der Waals surface area contributed by atoms with E-state index in [9.17, 15) is 8.42 Å². The predicted octanol–water partition coefficient (Wildman–Crippen LogP) is 3.49. The molecule has 0 atom stereocenters. The molecule has 0 aliphatic carbocycles. The number of aryl methyl sites for hydroxylation is 1. The molecule has 6 nitrogen and oxygen atoms in total. The third-order valence-corrected chi connectivity index (χ3v) is 5.07. The largest absolute Gasteiger partial charge is 0.384 e. The normalized spacial score (nSPS) is 11.3. The summed E-state index contributed by atoms with van der Waals surface area (Å²) >= 11 is 6.24. The first kappa shape index (κ1) is 17.2. The van der Waals surface area contributed by atoms with E-state index in [1.165, 1.54) is 24.3 Å². The van der Waals surface area contributed by atoms with E-state index in [1.807, 2.05) is 31.2 Å². The Morgan fingerprint density at radius 1 is 1.00 bits per heavy atom. The van der Waals surface area contributed by atoms with Crippen LogP contribution in [0.1, 0.15) is 5.56 Å². The number of nitrogens with two attached hydrogens (primary N) is 1. The molecule has 0 saturated carbocycles. The van der Waals surface area contributed by atoms with E-state index in [2.05, 4.69) is 14.7 Å². The Bertz CT molecular complexity index is 1040. The molecule has 0 bridgehead atoms. The van der Waals surface area contributed by atoms with Gasteiger partial charge < -0.3 is 5.73 Å². The molecule has 128 valence electrons. The van der Waals surface area contributed by atoms with Crippen molar-refractivity contribution in [1.82, 2.24) is 9.97 Å². The summed E-state index contributed by atoms with van der Waals surface area (Å²) in [6, 6.07) is 15.1. The standard InChI is InChI=1S/C17H15ClN4O2S/c1-11-5-2-3-6-12(11)17-13(18)9-10-15(21-17)22-25(23,24)16-8-4-7-14(19)20-16/h2-10H,1H3,(H2,19,20)(H,21,22). The first-order chi connectivity index (χ1) is 11.9. The molecule has 3 N–H and O–H groups in total. The molecule has 8 heteroatoms. The lowest BCUT2D eigenvalue weighted by Crippen LogP contribution is -2.16. The first-order valence-corrected chi connectivity index (χ1v) is 9.21. The third-order valence-electron chi connectivity index (χ3n) is 3.51. The lowest BCUT2D eigenvalue weighted by molar-refractivity contribution is 0.597. The van der Waals surface area contributed by atoms with Crippen LogP contribution in [-0.4, -0.2) is 18.4 Å².